The Morgan fingerprint density at radius 2 is 1.82 bits per heavy atom. The van der Waals surface area contributed by atoms with Crippen LogP contribution in [0.2, 0.25) is 0 Å². The maximum atomic E-state index is 6.09. The molecule has 1 rings (SSSR count). The average molecular weight is 237 g/mol. The Labute approximate surface area is 104 Å². The van der Waals surface area contributed by atoms with Gasteiger partial charge in [-0.1, -0.05) is 12.1 Å². The van der Waals surface area contributed by atoms with E-state index in [0.717, 1.165) is 38.0 Å². The standard InChI is InChI=1S/C14H23NO2/c1-16-10-4-3-5-13(15)11-12-6-8-14(17-2)9-7-12/h6-9,13H,3-5,10-11,15H2,1-2H3. The Balaban J connectivity index is 2.26. The summed E-state index contributed by atoms with van der Waals surface area (Å²) in [6.07, 6.45) is 4.20. The lowest BCUT2D eigenvalue weighted by molar-refractivity contribution is 0.191. The third-order valence-corrected chi connectivity index (χ3v) is 2.83. The minimum Gasteiger partial charge on any atom is -0.497 e. The molecule has 1 atom stereocenters. The minimum absolute atomic E-state index is 0.236. The third-order valence-electron chi connectivity index (χ3n) is 2.83. The minimum atomic E-state index is 0.236. The van der Waals surface area contributed by atoms with Crippen molar-refractivity contribution in [3.05, 3.63) is 29.8 Å². The topological polar surface area (TPSA) is 44.5 Å². The van der Waals surface area contributed by atoms with Gasteiger partial charge in [0, 0.05) is 19.8 Å². The Hall–Kier alpha value is -1.06. The average Bonchev–Trinajstić information content (AvgIpc) is 2.36. The molecule has 0 aliphatic heterocycles. The van der Waals surface area contributed by atoms with Crippen molar-refractivity contribution >= 4 is 0 Å². The number of benzene rings is 1. The highest BCUT2D eigenvalue weighted by Gasteiger charge is 2.04. The molecule has 0 fully saturated rings. The molecule has 1 aromatic carbocycles. The highest BCUT2D eigenvalue weighted by Crippen LogP contribution is 2.13. The molecule has 0 spiro atoms. The summed E-state index contributed by atoms with van der Waals surface area (Å²) in [6, 6.07) is 8.35. The molecule has 17 heavy (non-hydrogen) atoms. The van der Waals surface area contributed by atoms with E-state index in [-0.39, 0.29) is 6.04 Å². The lowest BCUT2D eigenvalue weighted by atomic mass is 10.0. The fourth-order valence-electron chi connectivity index (χ4n) is 1.82. The third kappa shape index (κ3) is 5.71. The molecule has 96 valence electrons. The molecule has 0 aliphatic rings. The summed E-state index contributed by atoms with van der Waals surface area (Å²) in [6.45, 7) is 0.829. The van der Waals surface area contributed by atoms with E-state index in [1.54, 1.807) is 14.2 Å². The smallest absolute Gasteiger partial charge is 0.118 e. The van der Waals surface area contributed by atoms with Crippen molar-refractivity contribution in [2.75, 3.05) is 20.8 Å². The van der Waals surface area contributed by atoms with E-state index in [1.807, 2.05) is 12.1 Å². The number of hydrogen-bond donors (Lipinski definition) is 1. The van der Waals surface area contributed by atoms with Crippen LogP contribution in [0.5, 0.6) is 5.75 Å². The first kappa shape index (κ1) is 14.0. The van der Waals surface area contributed by atoms with Crippen LogP contribution in [-0.2, 0) is 11.2 Å². The summed E-state index contributed by atoms with van der Waals surface area (Å²) in [5.41, 5.74) is 7.35. The van der Waals surface area contributed by atoms with Gasteiger partial charge in [0.1, 0.15) is 5.75 Å². The Kier molecular flexibility index (Phi) is 6.67. The predicted molar refractivity (Wildman–Crippen MR) is 70.4 cm³/mol. The number of unbranched alkanes of at least 4 members (excludes halogenated alkanes) is 1. The normalized spacial score (nSPS) is 12.4. The summed E-state index contributed by atoms with van der Waals surface area (Å²) in [7, 11) is 3.41. The van der Waals surface area contributed by atoms with E-state index in [9.17, 15) is 0 Å². The van der Waals surface area contributed by atoms with Gasteiger partial charge < -0.3 is 15.2 Å². The van der Waals surface area contributed by atoms with Gasteiger partial charge in [-0.15, -0.1) is 0 Å². The van der Waals surface area contributed by atoms with Gasteiger partial charge in [0.05, 0.1) is 7.11 Å². The molecule has 3 heteroatoms. The van der Waals surface area contributed by atoms with Crippen LogP contribution in [0.4, 0.5) is 0 Å². The number of methoxy groups -OCH3 is 2. The van der Waals surface area contributed by atoms with Gasteiger partial charge in [-0.05, 0) is 43.4 Å². The molecule has 0 heterocycles. The fraction of sp³-hybridized carbons (Fsp3) is 0.571. The molecule has 1 aromatic rings. The summed E-state index contributed by atoms with van der Waals surface area (Å²) in [5, 5.41) is 0. The van der Waals surface area contributed by atoms with Crippen LogP contribution in [0, 0.1) is 0 Å². The zero-order chi connectivity index (χ0) is 12.5. The molecular formula is C14H23NO2. The van der Waals surface area contributed by atoms with Crippen LogP contribution in [0.15, 0.2) is 24.3 Å². The van der Waals surface area contributed by atoms with Gasteiger partial charge in [-0.25, -0.2) is 0 Å². The molecule has 2 N–H and O–H groups in total. The summed E-state index contributed by atoms with van der Waals surface area (Å²) < 4.78 is 10.1. The highest BCUT2D eigenvalue weighted by molar-refractivity contribution is 5.27. The van der Waals surface area contributed by atoms with Crippen molar-refractivity contribution in [3.8, 4) is 5.75 Å². The molecule has 3 nitrogen and oxygen atoms in total. The summed E-state index contributed by atoms with van der Waals surface area (Å²) >= 11 is 0. The van der Waals surface area contributed by atoms with Crippen LogP contribution >= 0.6 is 0 Å². The Morgan fingerprint density at radius 3 is 2.41 bits per heavy atom. The molecule has 0 saturated carbocycles. The quantitative estimate of drug-likeness (QED) is 0.706. The van der Waals surface area contributed by atoms with Crippen molar-refractivity contribution < 1.29 is 9.47 Å². The van der Waals surface area contributed by atoms with E-state index in [1.165, 1.54) is 5.56 Å². The van der Waals surface area contributed by atoms with Crippen molar-refractivity contribution in [1.29, 1.82) is 0 Å². The molecule has 1 unspecified atom stereocenters. The number of ether oxygens (including phenoxy) is 2. The molecular weight excluding hydrogens is 214 g/mol. The Bertz CT molecular complexity index is 298. The van der Waals surface area contributed by atoms with Crippen molar-refractivity contribution in [2.45, 2.75) is 31.7 Å². The molecule has 0 bridgehead atoms. The van der Waals surface area contributed by atoms with E-state index < -0.39 is 0 Å². The fourth-order valence-corrected chi connectivity index (χ4v) is 1.82. The van der Waals surface area contributed by atoms with Gasteiger partial charge in [0.2, 0.25) is 0 Å². The van der Waals surface area contributed by atoms with Crippen LogP contribution in [0.3, 0.4) is 0 Å². The summed E-state index contributed by atoms with van der Waals surface area (Å²) in [4.78, 5) is 0. The van der Waals surface area contributed by atoms with E-state index >= 15 is 0 Å². The van der Waals surface area contributed by atoms with E-state index in [4.69, 9.17) is 15.2 Å². The number of hydrogen-bond acceptors (Lipinski definition) is 3. The van der Waals surface area contributed by atoms with Gasteiger partial charge >= 0.3 is 0 Å². The first-order valence-electron chi connectivity index (χ1n) is 6.13. The van der Waals surface area contributed by atoms with E-state index in [2.05, 4.69) is 12.1 Å². The van der Waals surface area contributed by atoms with Gasteiger partial charge in [-0.3, -0.25) is 0 Å². The van der Waals surface area contributed by atoms with Crippen molar-refractivity contribution in [3.63, 3.8) is 0 Å². The number of nitrogens with two attached hydrogens (primary N) is 1. The van der Waals surface area contributed by atoms with Crippen LogP contribution in [0.25, 0.3) is 0 Å². The zero-order valence-electron chi connectivity index (χ0n) is 10.8. The van der Waals surface area contributed by atoms with Gasteiger partial charge in [-0.2, -0.15) is 0 Å². The zero-order valence-corrected chi connectivity index (χ0v) is 10.8. The maximum absolute atomic E-state index is 6.09. The summed E-state index contributed by atoms with van der Waals surface area (Å²) in [5.74, 6) is 0.891. The second-order valence-electron chi connectivity index (χ2n) is 4.30. The van der Waals surface area contributed by atoms with Gasteiger partial charge in [0.25, 0.3) is 0 Å². The first-order valence-corrected chi connectivity index (χ1v) is 6.13. The van der Waals surface area contributed by atoms with Crippen molar-refractivity contribution in [2.24, 2.45) is 5.73 Å². The van der Waals surface area contributed by atoms with Crippen LogP contribution < -0.4 is 10.5 Å². The first-order chi connectivity index (χ1) is 8.26. The predicted octanol–water partition coefficient (Wildman–Crippen LogP) is 2.38. The second-order valence-corrected chi connectivity index (χ2v) is 4.30. The lowest BCUT2D eigenvalue weighted by Crippen LogP contribution is -2.22. The lowest BCUT2D eigenvalue weighted by Gasteiger charge is -2.11. The van der Waals surface area contributed by atoms with Crippen LogP contribution in [-0.4, -0.2) is 26.9 Å². The molecule has 0 radical (unpaired) electrons. The van der Waals surface area contributed by atoms with Crippen LogP contribution in [0.1, 0.15) is 24.8 Å². The monoisotopic (exact) mass is 237 g/mol. The largest absolute Gasteiger partial charge is 0.497 e. The maximum Gasteiger partial charge on any atom is 0.118 e. The highest BCUT2D eigenvalue weighted by atomic mass is 16.5. The SMILES string of the molecule is COCCCCC(N)Cc1ccc(OC)cc1. The number of rotatable bonds is 8. The molecule has 0 aromatic heterocycles. The Morgan fingerprint density at radius 1 is 1.12 bits per heavy atom. The molecule has 0 aliphatic carbocycles. The molecule has 0 amide bonds. The van der Waals surface area contributed by atoms with Crippen molar-refractivity contribution in [1.82, 2.24) is 0 Å². The van der Waals surface area contributed by atoms with E-state index in [0.29, 0.717) is 0 Å². The second kappa shape index (κ2) is 8.09. The molecule has 0 saturated heterocycles. The van der Waals surface area contributed by atoms with Gasteiger partial charge in [0.15, 0.2) is 0 Å².